The first kappa shape index (κ1) is 28.7. The van der Waals surface area contributed by atoms with Crippen LogP contribution in [0.25, 0.3) is 0 Å². The Morgan fingerprint density at radius 2 is 1.34 bits per heavy atom. The highest BCUT2D eigenvalue weighted by Crippen LogP contribution is 2.29. The maximum absolute atomic E-state index is 12.3. The minimum absolute atomic E-state index is 0.00746. The van der Waals surface area contributed by atoms with Crippen molar-refractivity contribution >= 4 is 22.3 Å². The van der Waals surface area contributed by atoms with Gasteiger partial charge in [-0.25, -0.2) is 4.18 Å². The molecule has 0 aromatic rings. The molecule has 3 N–H and O–H groups in total. The number of aliphatic hydroxyl groups excluding tert-OH is 2. The lowest BCUT2D eigenvalue weighted by Crippen LogP contribution is -2.62. The van der Waals surface area contributed by atoms with Crippen LogP contribution < -0.4 is 0 Å². The number of unbranched alkanes of at least 4 members (excludes halogenated alkanes) is 6. The van der Waals surface area contributed by atoms with Crippen LogP contribution in [0.4, 0.5) is 0 Å². The van der Waals surface area contributed by atoms with Gasteiger partial charge in [0.15, 0.2) is 18.5 Å². The molecule has 1 aliphatic rings. The summed E-state index contributed by atoms with van der Waals surface area (Å²) in [4.78, 5) is 24.6. The van der Waals surface area contributed by atoms with Gasteiger partial charge in [-0.3, -0.25) is 14.1 Å². The Hall–Kier alpha value is -1.31. The van der Waals surface area contributed by atoms with Gasteiger partial charge < -0.3 is 24.4 Å². The minimum atomic E-state index is -5.05. The number of rotatable bonds is 15. The first-order valence-corrected chi connectivity index (χ1v) is 12.5. The molecule has 12 heteroatoms. The van der Waals surface area contributed by atoms with E-state index in [4.69, 9.17) is 18.8 Å². The fourth-order valence-corrected chi connectivity index (χ4v) is 3.89. The summed E-state index contributed by atoms with van der Waals surface area (Å²) < 4.78 is 52.1. The zero-order valence-electron chi connectivity index (χ0n) is 18.7. The molecule has 0 aromatic carbocycles. The molecule has 5 atom stereocenters. The summed E-state index contributed by atoms with van der Waals surface area (Å²) in [5.41, 5.74) is 0. The van der Waals surface area contributed by atoms with E-state index in [0.29, 0.717) is 12.8 Å². The Bertz CT molecular complexity index is 666. The summed E-state index contributed by atoms with van der Waals surface area (Å²) >= 11 is 0. The van der Waals surface area contributed by atoms with Gasteiger partial charge in [-0.1, -0.05) is 52.4 Å². The molecule has 1 saturated heterocycles. The molecular weight excluding hydrogens is 448 g/mol. The lowest BCUT2D eigenvalue weighted by atomic mass is 9.98. The van der Waals surface area contributed by atoms with Crippen LogP contribution in [-0.4, -0.2) is 72.4 Å². The highest BCUT2D eigenvalue weighted by Gasteiger charge is 2.52. The number of aliphatic hydroxyl groups is 2. The minimum Gasteiger partial charge on any atom is -0.455 e. The molecule has 32 heavy (non-hydrogen) atoms. The number of hydrogen-bond donors (Lipinski definition) is 3. The number of carbonyl (C=O) groups excluding carboxylic acids is 2. The normalized spacial score (nSPS) is 26.0. The molecule has 1 fully saturated rings. The van der Waals surface area contributed by atoms with Crippen LogP contribution in [0, 0.1) is 0 Å². The predicted octanol–water partition coefficient (Wildman–Crippen LogP) is 1.65. The van der Waals surface area contributed by atoms with Crippen LogP contribution in [-0.2, 0) is 38.4 Å². The van der Waals surface area contributed by atoms with E-state index in [1.165, 1.54) is 0 Å². The molecule has 1 rings (SSSR count). The highest BCUT2D eigenvalue weighted by atomic mass is 32.3. The lowest BCUT2D eigenvalue weighted by Gasteiger charge is -2.42. The largest absolute Gasteiger partial charge is 0.455 e. The summed E-state index contributed by atoms with van der Waals surface area (Å²) in [6.07, 6.45) is -1.79. The van der Waals surface area contributed by atoms with Crippen molar-refractivity contribution in [1.29, 1.82) is 0 Å². The first-order chi connectivity index (χ1) is 15.1. The van der Waals surface area contributed by atoms with Crippen molar-refractivity contribution in [3.8, 4) is 0 Å². The second-order valence-corrected chi connectivity index (χ2v) is 8.81. The molecule has 0 aromatic heterocycles. The van der Waals surface area contributed by atoms with Gasteiger partial charge in [0.1, 0.15) is 12.2 Å². The maximum Gasteiger partial charge on any atom is 0.397 e. The molecule has 0 radical (unpaired) electrons. The summed E-state index contributed by atoms with van der Waals surface area (Å²) in [7, 11) is -5.05. The van der Waals surface area contributed by atoms with Crippen molar-refractivity contribution in [3.63, 3.8) is 0 Å². The van der Waals surface area contributed by atoms with Gasteiger partial charge in [0.25, 0.3) is 0 Å². The van der Waals surface area contributed by atoms with Crippen molar-refractivity contribution in [3.05, 3.63) is 0 Å². The van der Waals surface area contributed by atoms with Crippen LogP contribution in [0.2, 0.25) is 0 Å². The maximum atomic E-state index is 12.3. The third-order valence-corrected chi connectivity index (χ3v) is 5.49. The summed E-state index contributed by atoms with van der Waals surface area (Å²) in [6.45, 7) is 3.21. The third kappa shape index (κ3) is 10.5. The van der Waals surface area contributed by atoms with Crippen LogP contribution in [0.15, 0.2) is 0 Å². The molecule has 1 aliphatic heterocycles. The highest BCUT2D eigenvalue weighted by molar-refractivity contribution is 7.80. The zero-order chi connectivity index (χ0) is 24.1. The Kier molecular flexibility index (Phi) is 13.2. The zero-order valence-corrected chi connectivity index (χ0v) is 19.5. The van der Waals surface area contributed by atoms with E-state index in [1.54, 1.807) is 0 Å². The quantitative estimate of drug-likeness (QED) is 0.176. The molecule has 11 nitrogen and oxygen atoms in total. The molecule has 0 bridgehead atoms. The molecular formula is C20H36O11S. The fraction of sp³-hybridized carbons (Fsp3) is 0.900. The molecule has 188 valence electrons. The average Bonchev–Trinajstić information content (AvgIpc) is 2.72. The summed E-state index contributed by atoms with van der Waals surface area (Å²) in [5.74, 6) is -1.43. The van der Waals surface area contributed by atoms with Crippen LogP contribution >= 0.6 is 0 Å². The average molecular weight is 485 g/mol. The molecule has 0 amide bonds. The SMILES string of the molecule is CCCCCCC(=O)O[C@@H]1[C@@H](OC(=O)CCCCCC)[C@@H](O)O[C@H](CO)[C@H]1OS(=O)(=O)O. The van der Waals surface area contributed by atoms with Gasteiger partial charge in [-0.05, 0) is 12.8 Å². The van der Waals surface area contributed by atoms with Gasteiger partial charge in [0.05, 0.1) is 6.61 Å². The lowest BCUT2D eigenvalue weighted by molar-refractivity contribution is -0.289. The predicted molar refractivity (Wildman–Crippen MR) is 112 cm³/mol. The van der Waals surface area contributed by atoms with E-state index in [-0.39, 0.29) is 12.8 Å². The van der Waals surface area contributed by atoms with Crippen LogP contribution in [0.5, 0.6) is 0 Å². The number of carbonyl (C=O) groups is 2. The Labute approximate surface area is 189 Å². The van der Waals surface area contributed by atoms with Crippen molar-refractivity contribution in [1.82, 2.24) is 0 Å². The smallest absolute Gasteiger partial charge is 0.397 e. The number of esters is 2. The van der Waals surface area contributed by atoms with Crippen molar-refractivity contribution in [2.45, 2.75) is 109 Å². The number of ether oxygens (including phenoxy) is 3. The van der Waals surface area contributed by atoms with E-state index >= 15 is 0 Å². The van der Waals surface area contributed by atoms with E-state index in [9.17, 15) is 28.2 Å². The molecule has 0 unspecified atom stereocenters. The Morgan fingerprint density at radius 1 is 0.844 bits per heavy atom. The van der Waals surface area contributed by atoms with Gasteiger partial charge in [-0.15, -0.1) is 0 Å². The molecule has 1 heterocycles. The van der Waals surface area contributed by atoms with Gasteiger partial charge in [0.2, 0.25) is 0 Å². The van der Waals surface area contributed by atoms with Crippen LogP contribution in [0.3, 0.4) is 0 Å². The topological polar surface area (TPSA) is 166 Å². The van der Waals surface area contributed by atoms with E-state index in [2.05, 4.69) is 4.18 Å². The van der Waals surface area contributed by atoms with Crippen molar-refractivity contribution in [2.75, 3.05) is 6.61 Å². The van der Waals surface area contributed by atoms with Gasteiger partial charge >= 0.3 is 22.3 Å². The molecule has 0 spiro atoms. The van der Waals surface area contributed by atoms with E-state index in [1.807, 2.05) is 13.8 Å². The third-order valence-electron chi connectivity index (χ3n) is 5.03. The van der Waals surface area contributed by atoms with Crippen molar-refractivity contribution < 1.29 is 51.2 Å². The van der Waals surface area contributed by atoms with Crippen molar-refractivity contribution in [2.24, 2.45) is 0 Å². The van der Waals surface area contributed by atoms with Gasteiger partial charge in [0, 0.05) is 12.8 Å². The first-order valence-electron chi connectivity index (χ1n) is 11.1. The molecule has 0 saturated carbocycles. The van der Waals surface area contributed by atoms with E-state index < -0.39 is 59.7 Å². The van der Waals surface area contributed by atoms with E-state index in [0.717, 1.165) is 38.5 Å². The Balaban J connectivity index is 2.99. The monoisotopic (exact) mass is 484 g/mol. The second kappa shape index (κ2) is 14.8. The van der Waals surface area contributed by atoms with Gasteiger partial charge in [-0.2, -0.15) is 8.42 Å². The second-order valence-electron chi connectivity index (χ2n) is 7.77. The standard InChI is InChI=1S/C20H36O11S/c1-3-5-7-9-11-15(22)29-18-17(31-32(25,26)27)14(13-21)28-20(24)19(18)30-16(23)12-10-8-6-4-2/h14,17-21,24H,3-13H2,1-2H3,(H,25,26,27)/t14-,17-,18+,19-,20+/m1/s1. The summed E-state index contributed by atoms with van der Waals surface area (Å²) in [6, 6.07) is 0. The Morgan fingerprint density at radius 3 is 1.78 bits per heavy atom. The van der Waals surface area contributed by atoms with Crippen LogP contribution in [0.1, 0.15) is 78.1 Å². The number of hydrogen-bond acceptors (Lipinski definition) is 10. The fourth-order valence-electron chi connectivity index (χ4n) is 3.37. The molecule has 0 aliphatic carbocycles. The summed E-state index contributed by atoms with van der Waals surface area (Å²) in [5, 5.41) is 19.8.